The number of hydrogen-bond acceptors (Lipinski definition) is 2. The third kappa shape index (κ3) is 5.90. The molecule has 1 saturated heterocycles. The molecule has 0 radical (unpaired) electrons. The van der Waals surface area contributed by atoms with E-state index in [2.05, 4.69) is 11.9 Å². The molecule has 0 aromatic carbocycles. The molecule has 4 heteroatoms. The quantitative estimate of drug-likeness (QED) is 0.597. The molecule has 74 valence electrons. The molecule has 1 heterocycles. The van der Waals surface area contributed by atoms with E-state index >= 15 is 0 Å². The van der Waals surface area contributed by atoms with Crippen LogP contribution >= 0.6 is 0 Å². The van der Waals surface area contributed by atoms with Gasteiger partial charge in [0.1, 0.15) is 0 Å². The van der Waals surface area contributed by atoms with Crippen LogP contribution in [-0.4, -0.2) is 23.0 Å². The predicted octanol–water partition coefficient (Wildman–Crippen LogP) is 0.932. The van der Waals surface area contributed by atoms with Crippen molar-refractivity contribution in [2.75, 3.05) is 0 Å². The second kappa shape index (κ2) is 5.35. The minimum atomic E-state index is -0.935. The van der Waals surface area contributed by atoms with Gasteiger partial charge in [-0.15, -0.1) is 0 Å². The molecule has 1 aliphatic heterocycles. The molecule has 0 bridgehead atoms. The largest absolute Gasteiger partial charge is 0.478 e. The summed E-state index contributed by atoms with van der Waals surface area (Å²) in [6.45, 7) is 6.62. The number of hydrogen-bond donors (Lipinski definition) is 2. The Hall–Kier alpha value is -1.32. The van der Waals surface area contributed by atoms with E-state index < -0.39 is 5.97 Å². The Morgan fingerprint density at radius 1 is 1.69 bits per heavy atom. The summed E-state index contributed by atoms with van der Waals surface area (Å²) < 4.78 is 0. The van der Waals surface area contributed by atoms with Gasteiger partial charge in [0.15, 0.2) is 0 Å². The van der Waals surface area contributed by atoms with Gasteiger partial charge in [-0.2, -0.15) is 0 Å². The summed E-state index contributed by atoms with van der Waals surface area (Å²) in [4.78, 5) is 19.9. The zero-order valence-corrected chi connectivity index (χ0v) is 7.96. The van der Waals surface area contributed by atoms with E-state index in [1.807, 2.05) is 6.92 Å². The summed E-state index contributed by atoms with van der Waals surface area (Å²) >= 11 is 0. The molecule has 1 rings (SSSR count). The van der Waals surface area contributed by atoms with E-state index in [1.54, 1.807) is 0 Å². The van der Waals surface area contributed by atoms with Crippen molar-refractivity contribution >= 4 is 11.9 Å². The van der Waals surface area contributed by atoms with E-state index in [1.165, 1.54) is 6.92 Å². The second-order valence-electron chi connectivity index (χ2n) is 3.09. The maximum absolute atomic E-state index is 10.3. The number of carbonyl (C=O) groups is 2. The molecule has 13 heavy (non-hydrogen) atoms. The van der Waals surface area contributed by atoms with Crippen LogP contribution in [0.25, 0.3) is 0 Å². The average molecular weight is 185 g/mol. The van der Waals surface area contributed by atoms with Crippen molar-refractivity contribution in [1.82, 2.24) is 5.32 Å². The summed E-state index contributed by atoms with van der Waals surface area (Å²) in [5.74, 6) is -0.734. The Morgan fingerprint density at radius 2 is 2.15 bits per heavy atom. The van der Waals surface area contributed by atoms with Crippen molar-refractivity contribution in [2.45, 2.75) is 32.7 Å². The van der Waals surface area contributed by atoms with Crippen LogP contribution in [0.15, 0.2) is 12.2 Å². The lowest BCUT2D eigenvalue weighted by Gasteiger charge is -1.95. The first-order valence-electron chi connectivity index (χ1n) is 4.11. The van der Waals surface area contributed by atoms with Crippen LogP contribution in [0.5, 0.6) is 0 Å². The van der Waals surface area contributed by atoms with Crippen molar-refractivity contribution in [1.29, 1.82) is 0 Å². The number of amides is 1. The van der Waals surface area contributed by atoms with E-state index in [9.17, 15) is 9.59 Å². The van der Waals surface area contributed by atoms with Gasteiger partial charge in [0.25, 0.3) is 0 Å². The number of carboxylic acid groups (broad SMARTS) is 1. The molecule has 4 nitrogen and oxygen atoms in total. The summed E-state index contributed by atoms with van der Waals surface area (Å²) in [7, 11) is 0. The van der Waals surface area contributed by atoms with E-state index in [0.717, 1.165) is 12.8 Å². The minimum absolute atomic E-state index is 0.176. The first-order valence-corrected chi connectivity index (χ1v) is 4.11. The molecule has 1 amide bonds. The van der Waals surface area contributed by atoms with Gasteiger partial charge in [0, 0.05) is 18.0 Å². The van der Waals surface area contributed by atoms with Crippen molar-refractivity contribution in [3.05, 3.63) is 12.2 Å². The Kier molecular flexibility index (Phi) is 4.80. The van der Waals surface area contributed by atoms with E-state index in [0.29, 0.717) is 6.04 Å². The standard InChI is InChI=1S/C5H9NO.C4H6O2/c1-4-2-3-5(7)6-4;1-3(2)4(5)6/h4H,2-3H2,1H3,(H,6,7);1H2,2H3,(H,5,6). The molecule has 1 unspecified atom stereocenters. The first-order chi connectivity index (χ1) is 5.93. The van der Waals surface area contributed by atoms with Crippen molar-refractivity contribution in [3.8, 4) is 0 Å². The fraction of sp³-hybridized carbons (Fsp3) is 0.556. The van der Waals surface area contributed by atoms with Gasteiger partial charge in [0.05, 0.1) is 0 Å². The molecule has 0 spiro atoms. The maximum atomic E-state index is 10.3. The molecule has 0 aromatic heterocycles. The number of aliphatic carboxylic acids is 1. The smallest absolute Gasteiger partial charge is 0.330 e. The van der Waals surface area contributed by atoms with E-state index in [-0.39, 0.29) is 11.5 Å². The number of carbonyl (C=O) groups excluding carboxylic acids is 1. The molecule has 1 atom stereocenters. The molecule has 2 N–H and O–H groups in total. The van der Waals surface area contributed by atoms with Crippen LogP contribution in [0, 0.1) is 0 Å². The highest BCUT2D eigenvalue weighted by molar-refractivity contribution is 5.84. The SMILES string of the molecule is C=C(C)C(=O)O.CC1CCC(=O)N1. The maximum Gasteiger partial charge on any atom is 0.330 e. The highest BCUT2D eigenvalue weighted by Crippen LogP contribution is 2.03. The van der Waals surface area contributed by atoms with Crippen molar-refractivity contribution in [3.63, 3.8) is 0 Å². The number of carboxylic acids is 1. The summed E-state index contributed by atoms with van der Waals surface area (Å²) in [6, 6.07) is 0.424. The second-order valence-corrected chi connectivity index (χ2v) is 3.09. The van der Waals surface area contributed by atoms with Gasteiger partial charge in [-0.1, -0.05) is 6.58 Å². The molecule has 0 aliphatic carbocycles. The van der Waals surface area contributed by atoms with Gasteiger partial charge in [-0.25, -0.2) is 4.79 Å². The minimum Gasteiger partial charge on any atom is -0.478 e. The highest BCUT2D eigenvalue weighted by Gasteiger charge is 2.14. The van der Waals surface area contributed by atoms with Gasteiger partial charge in [-0.05, 0) is 20.3 Å². The fourth-order valence-electron chi connectivity index (χ4n) is 0.767. The zero-order valence-electron chi connectivity index (χ0n) is 7.96. The van der Waals surface area contributed by atoms with Crippen LogP contribution in [0.4, 0.5) is 0 Å². The van der Waals surface area contributed by atoms with Crippen molar-refractivity contribution < 1.29 is 14.7 Å². The highest BCUT2D eigenvalue weighted by atomic mass is 16.4. The molecular formula is C9H15NO3. The average Bonchev–Trinajstić information content (AvgIpc) is 2.35. The first kappa shape index (κ1) is 11.7. The van der Waals surface area contributed by atoms with Crippen LogP contribution < -0.4 is 5.32 Å². The Bertz CT molecular complexity index is 211. The number of rotatable bonds is 1. The fourth-order valence-corrected chi connectivity index (χ4v) is 0.767. The van der Waals surface area contributed by atoms with Crippen LogP contribution in [-0.2, 0) is 9.59 Å². The monoisotopic (exact) mass is 185 g/mol. The van der Waals surface area contributed by atoms with Crippen LogP contribution in [0.2, 0.25) is 0 Å². The summed E-state index contributed by atoms with van der Waals surface area (Å²) in [6.07, 6.45) is 1.74. The molecular weight excluding hydrogens is 170 g/mol. The van der Waals surface area contributed by atoms with E-state index in [4.69, 9.17) is 5.11 Å². The lowest BCUT2D eigenvalue weighted by molar-refractivity contribution is -0.132. The van der Waals surface area contributed by atoms with Gasteiger partial charge in [-0.3, -0.25) is 4.79 Å². The normalized spacial score (nSPS) is 19.8. The molecule has 0 saturated carbocycles. The zero-order chi connectivity index (χ0) is 10.4. The molecule has 1 aliphatic rings. The number of nitrogens with one attached hydrogen (secondary N) is 1. The topological polar surface area (TPSA) is 66.4 Å². The summed E-state index contributed by atoms with van der Waals surface area (Å²) in [5.41, 5.74) is 0.176. The van der Waals surface area contributed by atoms with Gasteiger partial charge >= 0.3 is 5.97 Å². The van der Waals surface area contributed by atoms with Gasteiger partial charge in [0.2, 0.25) is 5.91 Å². The van der Waals surface area contributed by atoms with Crippen LogP contribution in [0.1, 0.15) is 26.7 Å². The third-order valence-electron chi connectivity index (χ3n) is 1.58. The third-order valence-corrected chi connectivity index (χ3v) is 1.58. The lowest BCUT2D eigenvalue weighted by atomic mass is 10.3. The Morgan fingerprint density at radius 3 is 2.23 bits per heavy atom. The van der Waals surface area contributed by atoms with Gasteiger partial charge < -0.3 is 10.4 Å². The van der Waals surface area contributed by atoms with Crippen LogP contribution in [0.3, 0.4) is 0 Å². The Labute approximate surface area is 77.6 Å². The Balaban J connectivity index is 0.000000226. The summed E-state index contributed by atoms with van der Waals surface area (Å²) in [5, 5.41) is 10.7. The molecule has 0 aromatic rings. The predicted molar refractivity (Wildman–Crippen MR) is 49.3 cm³/mol. The molecule has 1 fully saturated rings. The lowest BCUT2D eigenvalue weighted by Crippen LogP contribution is -2.21. The van der Waals surface area contributed by atoms with Crippen molar-refractivity contribution in [2.24, 2.45) is 0 Å².